The van der Waals surface area contributed by atoms with Crippen LogP contribution >= 0.6 is 0 Å². The molecule has 0 fully saturated rings. The van der Waals surface area contributed by atoms with Crippen molar-refractivity contribution in [3.63, 3.8) is 0 Å². The lowest BCUT2D eigenvalue weighted by Gasteiger charge is -2.15. The maximum absolute atomic E-state index is 10.7. The van der Waals surface area contributed by atoms with Gasteiger partial charge in [-0.2, -0.15) is 0 Å². The van der Waals surface area contributed by atoms with Gasteiger partial charge in [0.05, 0.1) is 25.3 Å². The van der Waals surface area contributed by atoms with Gasteiger partial charge in [-0.1, -0.05) is 24.3 Å². The number of methoxy groups -OCH3 is 2. The van der Waals surface area contributed by atoms with Crippen molar-refractivity contribution in [1.82, 2.24) is 9.97 Å². The Bertz CT molecular complexity index is 1080. The fourth-order valence-corrected chi connectivity index (χ4v) is 3.13. The van der Waals surface area contributed by atoms with Crippen LogP contribution in [-0.2, 0) is 0 Å². The summed E-state index contributed by atoms with van der Waals surface area (Å²) in [5.74, 6) is 0.568. The number of para-hydroxylation sites is 4. The molecule has 0 saturated heterocycles. The normalized spacial score (nSPS) is 10.8. The summed E-state index contributed by atoms with van der Waals surface area (Å²) in [7, 11) is 2.97. The van der Waals surface area contributed by atoms with E-state index in [9.17, 15) is 10.2 Å². The molecule has 0 saturated carbocycles. The van der Waals surface area contributed by atoms with E-state index < -0.39 is 0 Å². The smallest absolute Gasteiger partial charge is 0.167 e. The molecule has 6 nitrogen and oxygen atoms in total. The zero-order chi connectivity index (χ0) is 19.7. The van der Waals surface area contributed by atoms with Crippen LogP contribution in [0.2, 0.25) is 0 Å². The van der Waals surface area contributed by atoms with E-state index in [1.54, 1.807) is 36.4 Å². The topological polar surface area (TPSA) is 84.7 Å². The van der Waals surface area contributed by atoms with Crippen molar-refractivity contribution in [3.8, 4) is 45.5 Å². The van der Waals surface area contributed by atoms with Gasteiger partial charge in [-0.05, 0) is 36.4 Å². The quantitative estimate of drug-likeness (QED) is 0.551. The monoisotopic (exact) mass is 374 g/mol. The Morgan fingerprint density at radius 3 is 1.43 bits per heavy atom. The molecule has 0 bridgehead atoms. The van der Waals surface area contributed by atoms with E-state index in [-0.39, 0.29) is 11.5 Å². The number of phenolic OH excluding ortho intramolecular Hbond substituents is 2. The van der Waals surface area contributed by atoms with Crippen LogP contribution in [0.4, 0.5) is 0 Å². The highest BCUT2D eigenvalue weighted by molar-refractivity contribution is 5.90. The van der Waals surface area contributed by atoms with Gasteiger partial charge in [-0.15, -0.1) is 0 Å². The minimum atomic E-state index is -0.0433. The molecule has 28 heavy (non-hydrogen) atoms. The second kappa shape index (κ2) is 7.08. The van der Waals surface area contributed by atoms with Gasteiger partial charge in [0.25, 0.3) is 0 Å². The number of rotatable bonds is 4. The fraction of sp³-hybridized carbons (Fsp3) is 0.0909. The first-order valence-corrected chi connectivity index (χ1v) is 8.63. The molecule has 4 aromatic rings. The van der Waals surface area contributed by atoms with Crippen molar-refractivity contribution in [2.24, 2.45) is 0 Å². The van der Waals surface area contributed by atoms with E-state index in [2.05, 4.69) is 0 Å². The van der Waals surface area contributed by atoms with Gasteiger partial charge in [0.2, 0.25) is 0 Å². The molecule has 2 N–H and O–H groups in total. The maximum Gasteiger partial charge on any atom is 0.167 e. The van der Waals surface area contributed by atoms with E-state index in [0.29, 0.717) is 45.0 Å². The SMILES string of the molecule is COc1cccc(-c2nc3ccccc3nc2-c2cccc(OC)c2O)c1O. The third-order valence-electron chi connectivity index (χ3n) is 4.52. The number of aromatic hydroxyl groups is 2. The lowest BCUT2D eigenvalue weighted by molar-refractivity contribution is 0.374. The van der Waals surface area contributed by atoms with Crippen molar-refractivity contribution in [2.45, 2.75) is 0 Å². The molecular weight excluding hydrogens is 356 g/mol. The largest absolute Gasteiger partial charge is 0.504 e. The molecule has 140 valence electrons. The van der Waals surface area contributed by atoms with Gasteiger partial charge in [0.15, 0.2) is 23.0 Å². The van der Waals surface area contributed by atoms with Crippen LogP contribution in [0.15, 0.2) is 60.7 Å². The Kier molecular flexibility index (Phi) is 4.45. The molecule has 0 amide bonds. The molecule has 1 heterocycles. The van der Waals surface area contributed by atoms with Crippen molar-refractivity contribution < 1.29 is 19.7 Å². The lowest BCUT2D eigenvalue weighted by atomic mass is 10.0. The minimum Gasteiger partial charge on any atom is -0.504 e. The molecule has 0 radical (unpaired) electrons. The number of benzene rings is 3. The zero-order valence-corrected chi connectivity index (χ0v) is 15.4. The molecule has 0 unspecified atom stereocenters. The highest BCUT2D eigenvalue weighted by Gasteiger charge is 2.21. The molecule has 3 aromatic carbocycles. The number of aromatic nitrogens is 2. The number of hydrogen-bond donors (Lipinski definition) is 2. The standard InChI is InChI=1S/C22H18N2O4/c1-27-17-11-5-7-13(21(17)25)19-20(14-8-6-12-18(28-2)22(14)26)24-16-10-4-3-9-15(16)23-19/h3-12,25-26H,1-2H3. The first-order chi connectivity index (χ1) is 13.6. The Labute approximate surface area is 161 Å². The summed E-state index contributed by atoms with van der Waals surface area (Å²) < 4.78 is 10.5. The third kappa shape index (κ3) is 2.85. The van der Waals surface area contributed by atoms with Gasteiger partial charge in [-0.25, -0.2) is 9.97 Å². The van der Waals surface area contributed by atoms with Gasteiger partial charge in [0, 0.05) is 11.1 Å². The summed E-state index contributed by atoms with van der Waals surface area (Å²) in [5.41, 5.74) is 3.11. The first-order valence-electron chi connectivity index (χ1n) is 8.63. The Morgan fingerprint density at radius 2 is 1.04 bits per heavy atom. The molecule has 6 heteroatoms. The summed E-state index contributed by atoms with van der Waals surface area (Å²) in [6, 6.07) is 17.8. The molecule has 0 aliphatic carbocycles. The van der Waals surface area contributed by atoms with Gasteiger partial charge in [-0.3, -0.25) is 0 Å². The van der Waals surface area contributed by atoms with Crippen molar-refractivity contribution >= 4 is 11.0 Å². The third-order valence-corrected chi connectivity index (χ3v) is 4.52. The summed E-state index contributed by atoms with van der Waals surface area (Å²) in [5, 5.41) is 21.4. The van der Waals surface area contributed by atoms with Gasteiger partial charge in [0.1, 0.15) is 11.4 Å². The summed E-state index contributed by atoms with van der Waals surface area (Å²) in [4.78, 5) is 9.45. The molecule has 0 aliphatic heterocycles. The van der Waals surface area contributed by atoms with Gasteiger partial charge < -0.3 is 19.7 Å². The second-order valence-corrected chi connectivity index (χ2v) is 6.12. The molecule has 0 atom stereocenters. The Balaban J connectivity index is 2.08. The predicted octanol–water partition coefficient (Wildman–Crippen LogP) is 4.39. The highest BCUT2D eigenvalue weighted by atomic mass is 16.5. The Hall–Kier alpha value is -3.80. The van der Waals surface area contributed by atoms with Crippen molar-refractivity contribution in [2.75, 3.05) is 14.2 Å². The average molecular weight is 374 g/mol. The molecule has 0 aliphatic rings. The molecule has 1 aromatic heterocycles. The zero-order valence-electron chi connectivity index (χ0n) is 15.4. The fourth-order valence-electron chi connectivity index (χ4n) is 3.13. The predicted molar refractivity (Wildman–Crippen MR) is 107 cm³/mol. The number of phenols is 2. The maximum atomic E-state index is 10.7. The summed E-state index contributed by atoms with van der Waals surface area (Å²) in [6.45, 7) is 0. The van der Waals surface area contributed by atoms with Gasteiger partial charge >= 0.3 is 0 Å². The van der Waals surface area contributed by atoms with E-state index in [0.717, 1.165) is 0 Å². The van der Waals surface area contributed by atoms with E-state index in [1.807, 2.05) is 24.3 Å². The van der Waals surface area contributed by atoms with Crippen molar-refractivity contribution in [1.29, 1.82) is 0 Å². The van der Waals surface area contributed by atoms with Crippen LogP contribution in [0.3, 0.4) is 0 Å². The lowest BCUT2D eigenvalue weighted by Crippen LogP contribution is -1.97. The van der Waals surface area contributed by atoms with Crippen LogP contribution in [0, 0.1) is 0 Å². The summed E-state index contributed by atoms with van der Waals surface area (Å²) >= 11 is 0. The van der Waals surface area contributed by atoms with Crippen LogP contribution in [-0.4, -0.2) is 34.4 Å². The van der Waals surface area contributed by atoms with E-state index in [1.165, 1.54) is 14.2 Å². The van der Waals surface area contributed by atoms with Crippen LogP contribution in [0.1, 0.15) is 0 Å². The average Bonchev–Trinajstić information content (AvgIpc) is 2.73. The van der Waals surface area contributed by atoms with Crippen LogP contribution in [0.5, 0.6) is 23.0 Å². The molecule has 4 rings (SSSR count). The number of fused-ring (bicyclic) bond motifs is 1. The number of ether oxygens (including phenoxy) is 2. The highest BCUT2D eigenvalue weighted by Crippen LogP contribution is 2.44. The van der Waals surface area contributed by atoms with E-state index in [4.69, 9.17) is 19.4 Å². The van der Waals surface area contributed by atoms with Crippen molar-refractivity contribution in [3.05, 3.63) is 60.7 Å². The second-order valence-electron chi connectivity index (χ2n) is 6.12. The number of nitrogens with zero attached hydrogens (tertiary/aromatic N) is 2. The molecule has 0 spiro atoms. The summed E-state index contributed by atoms with van der Waals surface area (Å²) in [6.07, 6.45) is 0. The minimum absolute atomic E-state index is 0.0433. The van der Waals surface area contributed by atoms with Crippen LogP contribution < -0.4 is 9.47 Å². The van der Waals surface area contributed by atoms with Crippen LogP contribution in [0.25, 0.3) is 33.5 Å². The van der Waals surface area contributed by atoms with E-state index >= 15 is 0 Å². The Morgan fingerprint density at radius 1 is 0.607 bits per heavy atom. The number of hydrogen-bond acceptors (Lipinski definition) is 6. The first kappa shape index (κ1) is 17.6. The molecular formula is C22H18N2O4.